The maximum absolute atomic E-state index is 14.4. The van der Waals surface area contributed by atoms with Gasteiger partial charge in [0, 0.05) is 37.5 Å². The molecule has 0 N–H and O–H groups in total. The van der Waals surface area contributed by atoms with E-state index in [9.17, 15) is 14.0 Å². The molecule has 0 spiro atoms. The number of hydrogen-bond donors (Lipinski definition) is 0. The number of halogens is 1. The zero-order valence-electron chi connectivity index (χ0n) is 16.6. The largest absolute Gasteiger partial charge is 0.366 e. The van der Waals surface area contributed by atoms with Crippen LogP contribution >= 0.6 is 23.5 Å². The fourth-order valence-electron chi connectivity index (χ4n) is 3.48. The number of aliphatic imine (C=N–C) groups is 1. The van der Waals surface area contributed by atoms with Crippen LogP contribution in [-0.4, -0.2) is 52.9 Å². The van der Waals surface area contributed by atoms with Crippen molar-refractivity contribution < 1.29 is 14.0 Å². The molecule has 2 heterocycles. The second-order valence-corrected chi connectivity index (χ2v) is 9.36. The highest BCUT2D eigenvalue weighted by molar-refractivity contribution is 8.38. The fourth-order valence-corrected chi connectivity index (χ4v) is 5.45. The predicted octanol–water partition coefficient (Wildman–Crippen LogP) is 4.34. The standard InChI is InChI=1S/C22H22FN3O2S2/c1-15(27)16-6-7-20(18(23)12-16)25-8-10-26(11-9-25)21(28)14-30-22-24-19-5-3-2-4-17(19)13-29-22/h2-7,12H,8-11,13-14H2,1H3. The number of anilines is 1. The molecule has 5 nitrogen and oxygen atoms in total. The van der Waals surface area contributed by atoms with Gasteiger partial charge in [0.25, 0.3) is 0 Å². The number of fused-ring (bicyclic) bond motifs is 1. The third-order valence-corrected chi connectivity index (χ3v) is 7.43. The van der Waals surface area contributed by atoms with E-state index in [1.165, 1.54) is 30.3 Å². The number of nitrogens with zero attached hydrogens (tertiary/aromatic N) is 3. The lowest BCUT2D eigenvalue weighted by molar-refractivity contribution is -0.128. The Hall–Kier alpha value is -2.32. The lowest BCUT2D eigenvalue weighted by Gasteiger charge is -2.36. The molecule has 2 aliphatic heterocycles. The number of amides is 1. The molecule has 8 heteroatoms. The second-order valence-electron chi connectivity index (χ2n) is 7.17. The molecule has 1 amide bonds. The molecule has 0 bridgehead atoms. The Kier molecular flexibility index (Phi) is 6.43. The van der Waals surface area contributed by atoms with E-state index in [4.69, 9.17) is 0 Å². The van der Waals surface area contributed by atoms with E-state index >= 15 is 0 Å². The third-order valence-electron chi connectivity index (χ3n) is 5.20. The van der Waals surface area contributed by atoms with Crippen LogP contribution in [0.15, 0.2) is 47.5 Å². The third kappa shape index (κ3) is 4.70. The van der Waals surface area contributed by atoms with Crippen molar-refractivity contribution >= 4 is 51.0 Å². The molecule has 1 saturated heterocycles. The maximum Gasteiger partial charge on any atom is 0.233 e. The van der Waals surface area contributed by atoms with Gasteiger partial charge in [-0.05, 0) is 36.8 Å². The van der Waals surface area contributed by atoms with E-state index in [1.54, 1.807) is 23.9 Å². The summed E-state index contributed by atoms with van der Waals surface area (Å²) in [6, 6.07) is 12.6. The number of carbonyl (C=O) groups excluding carboxylic acids is 2. The predicted molar refractivity (Wildman–Crippen MR) is 122 cm³/mol. The Morgan fingerprint density at radius 1 is 1.13 bits per heavy atom. The van der Waals surface area contributed by atoms with Crippen LogP contribution in [-0.2, 0) is 10.5 Å². The van der Waals surface area contributed by atoms with Crippen molar-refractivity contribution in [1.82, 2.24) is 4.90 Å². The van der Waals surface area contributed by atoms with Gasteiger partial charge in [-0.1, -0.05) is 41.7 Å². The summed E-state index contributed by atoms with van der Waals surface area (Å²) < 4.78 is 15.3. The summed E-state index contributed by atoms with van der Waals surface area (Å²) in [6.07, 6.45) is 0. The lowest BCUT2D eigenvalue weighted by atomic mass is 10.1. The van der Waals surface area contributed by atoms with Crippen molar-refractivity contribution in [2.45, 2.75) is 12.7 Å². The molecule has 0 unspecified atom stereocenters. The van der Waals surface area contributed by atoms with Crippen molar-refractivity contribution in [2.24, 2.45) is 4.99 Å². The van der Waals surface area contributed by atoms with E-state index in [2.05, 4.69) is 11.1 Å². The van der Waals surface area contributed by atoms with Crippen molar-refractivity contribution in [2.75, 3.05) is 36.8 Å². The molecule has 0 radical (unpaired) electrons. The van der Waals surface area contributed by atoms with Gasteiger partial charge in [-0.15, -0.1) is 0 Å². The van der Waals surface area contributed by atoms with Gasteiger partial charge in [0.1, 0.15) is 10.2 Å². The number of thioether (sulfide) groups is 2. The average Bonchev–Trinajstić information content (AvgIpc) is 2.77. The molecule has 0 aliphatic carbocycles. The highest BCUT2D eigenvalue weighted by atomic mass is 32.2. The Morgan fingerprint density at radius 2 is 1.90 bits per heavy atom. The monoisotopic (exact) mass is 443 g/mol. The first-order valence-corrected chi connectivity index (χ1v) is 11.7. The number of Topliss-reactive ketones (excluding diaryl/α,β-unsaturated/α-hetero) is 1. The van der Waals surface area contributed by atoms with Gasteiger partial charge in [-0.3, -0.25) is 9.59 Å². The maximum atomic E-state index is 14.4. The van der Waals surface area contributed by atoms with Crippen LogP contribution in [0.1, 0.15) is 22.8 Å². The van der Waals surface area contributed by atoms with Crippen LogP contribution in [0.3, 0.4) is 0 Å². The van der Waals surface area contributed by atoms with E-state index in [0.717, 1.165) is 15.8 Å². The summed E-state index contributed by atoms with van der Waals surface area (Å²) in [6.45, 7) is 3.66. The molecule has 0 atom stereocenters. The quantitative estimate of drug-likeness (QED) is 0.658. The second kappa shape index (κ2) is 9.22. The van der Waals surface area contributed by atoms with Gasteiger partial charge in [-0.25, -0.2) is 9.38 Å². The molecule has 0 aromatic heterocycles. The molecule has 0 saturated carbocycles. The van der Waals surface area contributed by atoms with Crippen LogP contribution in [0.4, 0.5) is 15.8 Å². The van der Waals surface area contributed by atoms with Gasteiger partial charge in [0.15, 0.2) is 5.78 Å². The van der Waals surface area contributed by atoms with E-state index < -0.39 is 5.82 Å². The van der Waals surface area contributed by atoms with Gasteiger partial charge in [0.05, 0.1) is 17.1 Å². The van der Waals surface area contributed by atoms with Crippen molar-refractivity contribution in [3.8, 4) is 0 Å². The molecule has 4 rings (SSSR count). The Bertz CT molecular complexity index is 1000. The fraction of sp³-hybridized carbons (Fsp3) is 0.318. The van der Waals surface area contributed by atoms with Crippen LogP contribution in [0.2, 0.25) is 0 Å². The number of para-hydroxylation sites is 1. The minimum Gasteiger partial charge on any atom is -0.366 e. The van der Waals surface area contributed by atoms with Crippen LogP contribution < -0.4 is 4.90 Å². The van der Waals surface area contributed by atoms with Gasteiger partial charge in [-0.2, -0.15) is 0 Å². The van der Waals surface area contributed by atoms with Gasteiger partial charge in [0.2, 0.25) is 5.91 Å². The molecule has 1 fully saturated rings. The number of rotatable bonds is 4. The summed E-state index contributed by atoms with van der Waals surface area (Å²) in [5, 5.41) is 0. The lowest BCUT2D eigenvalue weighted by Crippen LogP contribution is -2.49. The topological polar surface area (TPSA) is 53.0 Å². The molecule has 2 aromatic rings. The Morgan fingerprint density at radius 3 is 2.63 bits per heavy atom. The molecular formula is C22H22FN3O2S2. The van der Waals surface area contributed by atoms with Crippen LogP contribution in [0.5, 0.6) is 0 Å². The SMILES string of the molecule is CC(=O)c1ccc(N2CCN(C(=O)CSC3=Nc4ccccc4CS3)CC2)c(F)c1. The molecular weight excluding hydrogens is 421 g/mol. The van der Waals surface area contributed by atoms with E-state index in [1.807, 2.05) is 28.0 Å². The zero-order valence-corrected chi connectivity index (χ0v) is 18.3. The van der Waals surface area contributed by atoms with Crippen LogP contribution in [0.25, 0.3) is 0 Å². The molecule has 156 valence electrons. The van der Waals surface area contributed by atoms with E-state index in [0.29, 0.717) is 43.2 Å². The number of ketones is 1. The molecule has 2 aromatic carbocycles. The first kappa shape index (κ1) is 20.9. The van der Waals surface area contributed by atoms with Gasteiger partial charge >= 0.3 is 0 Å². The summed E-state index contributed by atoms with van der Waals surface area (Å²) in [7, 11) is 0. The summed E-state index contributed by atoms with van der Waals surface area (Å²) in [5.41, 5.74) is 3.05. The highest BCUT2D eigenvalue weighted by Crippen LogP contribution is 2.34. The first-order chi connectivity index (χ1) is 14.5. The summed E-state index contributed by atoms with van der Waals surface area (Å²) in [5.74, 6) is 0.760. The van der Waals surface area contributed by atoms with Gasteiger partial charge < -0.3 is 9.80 Å². The normalized spacial score (nSPS) is 16.1. The van der Waals surface area contributed by atoms with Crippen molar-refractivity contribution in [3.05, 3.63) is 59.4 Å². The average molecular weight is 444 g/mol. The summed E-state index contributed by atoms with van der Waals surface area (Å²) in [4.78, 5) is 32.4. The van der Waals surface area contributed by atoms with Crippen molar-refractivity contribution in [1.29, 1.82) is 0 Å². The first-order valence-electron chi connectivity index (χ1n) is 9.76. The van der Waals surface area contributed by atoms with Crippen molar-refractivity contribution in [3.63, 3.8) is 0 Å². The van der Waals surface area contributed by atoms with Crippen LogP contribution in [0, 0.1) is 5.82 Å². The summed E-state index contributed by atoms with van der Waals surface area (Å²) >= 11 is 3.15. The zero-order chi connectivity index (χ0) is 21.1. The molecule has 2 aliphatic rings. The minimum absolute atomic E-state index is 0.0780. The number of benzene rings is 2. The minimum atomic E-state index is -0.398. The van der Waals surface area contributed by atoms with E-state index in [-0.39, 0.29) is 11.7 Å². The Labute approximate surface area is 183 Å². The molecule has 30 heavy (non-hydrogen) atoms. The number of hydrogen-bond acceptors (Lipinski definition) is 6. The smallest absolute Gasteiger partial charge is 0.233 e. The highest BCUT2D eigenvalue weighted by Gasteiger charge is 2.24. The number of piperazine rings is 1. The number of carbonyl (C=O) groups is 2. The Balaban J connectivity index is 1.30.